The van der Waals surface area contributed by atoms with Crippen LogP contribution in [-0.4, -0.2) is 47.0 Å². The number of aromatic nitrogens is 2. The number of piperazine rings is 1. The van der Waals surface area contributed by atoms with E-state index in [0.717, 1.165) is 30.2 Å². The van der Waals surface area contributed by atoms with Gasteiger partial charge in [0.1, 0.15) is 11.6 Å². The summed E-state index contributed by atoms with van der Waals surface area (Å²) in [5.41, 5.74) is 5.32. The Morgan fingerprint density at radius 3 is 2.27 bits per heavy atom. The van der Waals surface area contributed by atoms with Crippen molar-refractivity contribution in [1.82, 2.24) is 14.9 Å². The largest absolute Gasteiger partial charge is 0.353 e. The van der Waals surface area contributed by atoms with Gasteiger partial charge < -0.3 is 9.80 Å². The van der Waals surface area contributed by atoms with Crippen LogP contribution in [0.4, 0.5) is 5.82 Å². The van der Waals surface area contributed by atoms with Crippen LogP contribution in [0.25, 0.3) is 0 Å². The lowest BCUT2D eigenvalue weighted by molar-refractivity contribution is 0.0746. The summed E-state index contributed by atoms with van der Waals surface area (Å²) in [6.07, 6.45) is 1.65. The molecule has 7 heteroatoms. The van der Waals surface area contributed by atoms with E-state index in [1.165, 1.54) is 16.7 Å². The summed E-state index contributed by atoms with van der Waals surface area (Å²) in [7, 11) is 0. The van der Waals surface area contributed by atoms with Crippen LogP contribution in [0.15, 0.2) is 42.5 Å². The van der Waals surface area contributed by atoms with Crippen molar-refractivity contribution in [2.75, 3.05) is 31.1 Å². The van der Waals surface area contributed by atoms with Gasteiger partial charge >= 0.3 is 0 Å². The van der Waals surface area contributed by atoms with Gasteiger partial charge in [-0.05, 0) is 44.0 Å². The third kappa shape index (κ3) is 5.31. The van der Waals surface area contributed by atoms with Crippen molar-refractivity contribution in [3.63, 3.8) is 0 Å². The average Bonchev–Trinajstić information content (AvgIpc) is 2.82. The summed E-state index contributed by atoms with van der Waals surface area (Å²) < 4.78 is 0. The molecule has 1 saturated heterocycles. The number of anilines is 1. The van der Waals surface area contributed by atoms with Crippen LogP contribution in [0.5, 0.6) is 0 Å². The molecule has 0 saturated carbocycles. The van der Waals surface area contributed by atoms with Crippen molar-refractivity contribution < 1.29 is 4.79 Å². The van der Waals surface area contributed by atoms with Crippen molar-refractivity contribution in [2.24, 2.45) is 0 Å². The standard InChI is InChI=1S/C26H28Cl2N4O/c1-4-24-21(15-19-7-5-17(2)6-8-19)25(30-18(3)29-24)31-11-13-32(14-12-31)26(33)20-9-10-22(27)23(28)16-20/h5-10,16H,4,11-15H2,1-3H3. The van der Waals surface area contributed by atoms with Crippen LogP contribution in [0.2, 0.25) is 10.0 Å². The van der Waals surface area contributed by atoms with Crippen LogP contribution in [0.1, 0.15) is 45.5 Å². The topological polar surface area (TPSA) is 49.3 Å². The first-order valence-electron chi connectivity index (χ1n) is 11.3. The van der Waals surface area contributed by atoms with Gasteiger partial charge in [0.05, 0.1) is 10.0 Å². The zero-order chi connectivity index (χ0) is 23.5. The second kappa shape index (κ2) is 10.1. The van der Waals surface area contributed by atoms with Gasteiger partial charge in [-0.25, -0.2) is 9.97 Å². The Kier molecular flexibility index (Phi) is 7.20. The molecule has 2 heterocycles. The summed E-state index contributed by atoms with van der Waals surface area (Å²) in [6.45, 7) is 8.85. The van der Waals surface area contributed by atoms with Crippen molar-refractivity contribution in [3.05, 3.63) is 86.3 Å². The quantitative estimate of drug-likeness (QED) is 0.480. The molecule has 33 heavy (non-hydrogen) atoms. The third-order valence-corrected chi connectivity index (χ3v) is 6.79. The van der Waals surface area contributed by atoms with Crippen LogP contribution in [0, 0.1) is 13.8 Å². The molecule has 2 aromatic carbocycles. The zero-order valence-corrected chi connectivity index (χ0v) is 20.7. The monoisotopic (exact) mass is 482 g/mol. The van der Waals surface area contributed by atoms with E-state index in [4.69, 9.17) is 33.2 Å². The second-order valence-corrected chi connectivity index (χ2v) is 9.26. The summed E-state index contributed by atoms with van der Waals surface area (Å²) in [6, 6.07) is 13.7. The van der Waals surface area contributed by atoms with E-state index in [1.54, 1.807) is 18.2 Å². The molecule has 4 rings (SSSR count). The highest BCUT2D eigenvalue weighted by atomic mass is 35.5. The first kappa shape index (κ1) is 23.5. The molecule has 1 aliphatic heterocycles. The Morgan fingerprint density at radius 2 is 1.64 bits per heavy atom. The molecule has 1 amide bonds. The number of benzene rings is 2. The van der Waals surface area contributed by atoms with Crippen LogP contribution in [-0.2, 0) is 12.8 Å². The fourth-order valence-electron chi connectivity index (χ4n) is 4.22. The van der Waals surface area contributed by atoms with Crippen LogP contribution >= 0.6 is 23.2 Å². The Hall–Kier alpha value is -2.63. The molecule has 3 aromatic rings. The molecule has 0 bridgehead atoms. The number of carbonyl (C=O) groups excluding carboxylic acids is 1. The van der Waals surface area contributed by atoms with Gasteiger partial charge in [0.25, 0.3) is 5.91 Å². The number of rotatable bonds is 5. The number of amides is 1. The molecule has 1 fully saturated rings. The second-order valence-electron chi connectivity index (χ2n) is 8.44. The third-order valence-electron chi connectivity index (χ3n) is 6.05. The number of aryl methyl sites for hydroxylation is 3. The Balaban J connectivity index is 1.54. The van der Waals surface area contributed by atoms with Gasteiger partial charge in [0.15, 0.2) is 0 Å². The van der Waals surface area contributed by atoms with E-state index in [-0.39, 0.29) is 5.91 Å². The molecule has 0 radical (unpaired) electrons. The summed E-state index contributed by atoms with van der Waals surface area (Å²) >= 11 is 12.1. The molecule has 0 unspecified atom stereocenters. The van der Waals surface area contributed by atoms with E-state index in [0.29, 0.717) is 41.8 Å². The molecule has 1 aromatic heterocycles. The summed E-state index contributed by atoms with van der Waals surface area (Å²) in [5.74, 6) is 1.74. The summed E-state index contributed by atoms with van der Waals surface area (Å²) in [4.78, 5) is 26.7. The minimum absolute atomic E-state index is 0.0267. The minimum Gasteiger partial charge on any atom is -0.353 e. The highest BCUT2D eigenvalue weighted by molar-refractivity contribution is 6.42. The lowest BCUT2D eigenvalue weighted by Gasteiger charge is -2.36. The SMILES string of the molecule is CCc1nc(C)nc(N2CCN(C(=O)c3ccc(Cl)c(Cl)c3)CC2)c1Cc1ccc(C)cc1. The summed E-state index contributed by atoms with van der Waals surface area (Å²) in [5, 5.41) is 0.843. The maximum absolute atomic E-state index is 13.0. The van der Waals surface area contributed by atoms with Crippen LogP contribution < -0.4 is 4.90 Å². The van der Waals surface area contributed by atoms with E-state index < -0.39 is 0 Å². The highest BCUT2D eigenvalue weighted by Gasteiger charge is 2.26. The fraction of sp³-hybridized carbons (Fsp3) is 0.346. The number of carbonyl (C=O) groups is 1. The van der Waals surface area contributed by atoms with Crippen molar-refractivity contribution in [3.8, 4) is 0 Å². The molecule has 0 N–H and O–H groups in total. The molecular weight excluding hydrogens is 455 g/mol. The maximum Gasteiger partial charge on any atom is 0.254 e. The molecule has 0 atom stereocenters. The predicted octanol–water partition coefficient (Wildman–Crippen LogP) is 5.52. The molecule has 172 valence electrons. The molecule has 1 aliphatic rings. The van der Waals surface area contributed by atoms with Crippen molar-refractivity contribution in [1.29, 1.82) is 0 Å². The van der Waals surface area contributed by atoms with E-state index >= 15 is 0 Å². The van der Waals surface area contributed by atoms with Crippen molar-refractivity contribution in [2.45, 2.75) is 33.6 Å². The lowest BCUT2D eigenvalue weighted by Crippen LogP contribution is -2.49. The number of hydrogen-bond acceptors (Lipinski definition) is 4. The highest BCUT2D eigenvalue weighted by Crippen LogP contribution is 2.27. The Morgan fingerprint density at radius 1 is 0.939 bits per heavy atom. The predicted molar refractivity (Wildman–Crippen MR) is 135 cm³/mol. The maximum atomic E-state index is 13.0. The molecule has 0 spiro atoms. The fourth-order valence-corrected chi connectivity index (χ4v) is 4.51. The van der Waals surface area contributed by atoms with Gasteiger partial charge in [-0.1, -0.05) is 60.0 Å². The average molecular weight is 483 g/mol. The van der Waals surface area contributed by atoms with Gasteiger partial charge in [-0.2, -0.15) is 0 Å². The number of nitrogens with zero attached hydrogens (tertiary/aromatic N) is 4. The van der Waals surface area contributed by atoms with Gasteiger partial charge in [-0.3, -0.25) is 4.79 Å². The molecule has 0 aliphatic carbocycles. The molecule has 5 nitrogen and oxygen atoms in total. The number of halogens is 2. The van der Waals surface area contributed by atoms with Crippen LogP contribution in [0.3, 0.4) is 0 Å². The van der Waals surface area contributed by atoms with Gasteiger partial charge in [0, 0.05) is 49.4 Å². The molecular formula is C26H28Cl2N4O. The minimum atomic E-state index is -0.0267. The Labute approximate surface area is 205 Å². The van der Waals surface area contributed by atoms with E-state index in [1.807, 2.05) is 11.8 Å². The van der Waals surface area contributed by atoms with Gasteiger partial charge in [-0.15, -0.1) is 0 Å². The number of hydrogen-bond donors (Lipinski definition) is 0. The zero-order valence-electron chi connectivity index (χ0n) is 19.2. The van der Waals surface area contributed by atoms with Crippen molar-refractivity contribution >= 4 is 34.9 Å². The smallest absolute Gasteiger partial charge is 0.254 e. The Bertz CT molecular complexity index is 1160. The lowest BCUT2D eigenvalue weighted by atomic mass is 10.0. The first-order valence-corrected chi connectivity index (χ1v) is 12.0. The van der Waals surface area contributed by atoms with E-state index in [2.05, 4.69) is 43.0 Å². The normalized spacial score (nSPS) is 14.0. The first-order chi connectivity index (χ1) is 15.9. The van der Waals surface area contributed by atoms with E-state index in [9.17, 15) is 4.79 Å². The van der Waals surface area contributed by atoms with Gasteiger partial charge in [0.2, 0.25) is 0 Å².